The highest BCUT2D eigenvalue weighted by molar-refractivity contribution is 5.85. The van der Waals surface area contributed by atoms with Crippen LogP contribution in [0.4, 0.5) is 4.79 Å². The molecule has 0 saturated heterocycles. The number of hydrogen-bond donors (Lipinski definition) is 3. The molecular formula is C11H17N3O4. The van der Waals surface area contributed by atoms with Crippen LogP contribution in [0.5, 0.6) is 0 Å². The van der Waals surface area contributed by atoms with Crippen LogP contribution in [0.1, 0.15) is 31.9 Å². The first-order chi connectivity index (χ1) is 8.37. The van der Waals surface area contributed by atoms with Crippen molar-refractivity contribution < 1.29 is 19.1 Å². The van der Waals surface area contributed by atoms with E-state index in [1.165, 1.54) is 6.92 Å². The number of rotatable bonds is 5. The van der Waals surface area contributed by atoms with E-state index in [1.54, 1.807) is 20.0 Å². The van der Waals surface area contributed by atoms with Crippen molar-refractivity contribution in [3.63, 3.8) is 0 Å². The van der Waals surface area contributed by atoms with Gasteiger partial charge in [-0.3, -0.25) is 0 Å². The van der Waals surface area contributed by atoms with Crippen LogP contribution in [0.2, 0.25) is 0 Å². The van der Waals surface area contributed by atoms with Crippen LogP contribution in [0.3, 0.4) is 0 Å². The fourth-order valence-corrected chi connectivity index (χ4v) is 1.23. The Hall–Kier alpha value is -2.05. The molecule has 1 rings (SSSR count). The fraction of sp³-hybridized carbons (Fsp3) is 0.545. The van der Waals surface area contributed by atoms with Gasteiger partial charge >= 0.3 is 12.0 Å². The van der Waals surface area contributed by atoms with E-state index >= 15 is 0 Å². The lowest BCUT2D eigenvalue weighted by Gasteiger charge is -2.24. The second-order valence-corrected chi connectivity index (χ2v) is 4.16. The first-order valence-corrected chi connectivity index (χ1v) is 5.58. The SMILES string of the molecule is CCC(C)(NC(=O)NCc1ncc(C)o1)C(=O)O. The van der Waals surface area contributed by atoms with Gasteiger partial charge < -0.3 is 20.2 Å². The molecule has 0 aliphatic carbocycles. The summed E-state index contributed by atoms with van der Waals surface area (Å²) in [5.74, 6) is -0.0561. The topological polar surface area (TPSA) is 104 Å². The molecule has 7 heteroatoms. The van der Waals surface area contributed by atoms with Gasteiger partial charge in [-0.05, 0) is 20.3 Å². The maximum atomic E-state index is 11.5. The number of hydrogen-bond acceptors (Lipinski definition) is 4. The van der Waals surface area contributed by atoms with E-state index in [1.807, 2.05) is 0 Å². The molecule has 0 spiro atoms. The number of nitrogens with one attached hydrogen (secondary N) is 2. The Labute approximate surface area is 105 Å². The van der Waals surface area contributed by atoms with Crippen LogP contribution in [-0.2, 0) is 11.3 Å². The van der Waals surface area contributed by atoms with Crippen molar-refractivity contribution in [2.75, 3.05) is 0 Å². The second-order valence-electron chi connectivity index (χ2n) is 4.16. The fourth-order valence-electron chi connectivity index (χ4n) is 1.23. The average molecular weight is 255 g/mol. The van der Waals surface area contributed by atoms with Gasteiger partial charge in [0.05, 0.1) is 12.7 Å². The zero-order valence-corrected chi connectivity index (χ0v) is 10.6. The Balaban J connectivity index is 2.49. The van der Waals surface area contributed by atoms with Gasteiger partial charge in [0.1, 0.15) is 11.3 Å². The second kappa shape index (κ2) is 5.52. The predicted molar refractivity (Wildman–Crippen MR) is 62.9 cm³/mol. The third-order valence-electron chi connectivity index (χ3n) is 2.64. The van der Waals surface area contributed by atoms with Gasteiger partial charge in [0.25, 0.3) is 0 Å². The number of amides is 2. The molecule has 0 bridgehead atoms. The molecule has 1 heterocycles. The van der Waals surface area contributed by atoms with Crippen LogP contribution in [0.15, 0.2) is 10.6 Å². The summed E-state index contributed by atoms with van der Waals surface area (Å²) in [6.07, 6.45) is 1.83. The van der Waals surface area contributed by atoms with E-state index in [0.29, 0.717) is 11.7 Å². The Morgan fingerprint density at radius 1 is 1.56 bits per heavy atom. The molecular weight excluding hydrogens is 238 g/mol. The number of nitrogens with zero attached hydrogens (tertiary/aromatic N) is 1. The molecule has 18 heavy (non-hydrogen) atoms. The van der Waals surface area contributed by atoms with E-state index in [9.17, 15) is 9.59 Å². The highest BCUT2D eigenvalue weighted by Gasteiger charge is 2.32. The predicted octanol–water partition coefficient (Wildman–Crippen LogP) is 1.04. The summed E-state index contributed by atoms with van der Waals surface area (Å²) in [6.45, 7) is 4.99. The lowest BCUT2D eigenvalue weighted by atomic mass is 10.00. The Morgan fingerprint density at radius 3 is 2.67 bits per heavy atom. The van der Waals surface area contributed by atoms with Gasteiger partial charge in [-0.25, -0.2) is 14.6 Å². The molecule has 0 saturated carbocycles. The molecule has 2 amide bonds. The van der Waals surface area contributed by atoms with Crippen LogP contribution in [0, 0.1) is 6.92 Å². The van der Waals surface area contributed by atoms with Crippen molar-refractivity contribution >= 4 is 12.0 Å². The average Bonchev–Trinajstić information content (AvgIpc) is 2.72. The van der Waals surface area contributed by atoms with Crippen LogP contribution in [0.25, 0.3) is 0 Å². The summed E-state index contributed by atoms with van der Waals surface area (Å²) in [5.41, 5.74) is -1.28. The Kier molecular flexibility index (Phi) is 4.30. The quantitative estimate of drug-likeness (QED) is 0.729. The first kappa shape index (κ1) is 14.0. The molecule has 1 unspecified atom stereocenters. The molecule has 7 nitrogen and oxygen atoms in total. The number of aryl methyl sites for hydroxylation is 1. The number of carbonyl (C=O) groups excluding carboxylic acids is 1. The highest BCUT2D eigenvalue weighted by Crippen LogP contribution is 2.08. The van der Waals surface area contributed by atoms with Crippen molar-refractivity contribution in [2.24, 2.45) is 0 Å². The van der Waals surface area contributed by atoms with Crippen molar-refractivity contribution in [1.82, 2.24) is 15.6 Å². The molecule has 1 aromatic heterocycles. The van der Waals surface area contributed by atoms with Crippen LogP contribution < -0.4 is 10.6 Å². The number of carboxylic acids is 1. The summed E-state index contributed by atoms with van der Waals surface area (Å²) in [4.78, 5) is 26.5. The number of aromatic nitrogens is 1. The molecule has 1 atom stereocenters. The number of oxazole rings is 1. The Morgan fingerprint density at radius 2 is 2.22 bits per heavy atom. The van der Waals surface area contributed by atoms with Gasteiger partial charge in [0.2, 0.25) is 5.89 Å². The summed E-state index contributed by atoms with van der Waals surface area (Å²) in [7, 11) is 0. The van der Waals surface area contributed by atoms with Gasteiger partial charge in [-0.1, -0.05) is 6.92 Å². The first-order valence-electron chi connectivity index (χ1n) is 5.58. The maximum Gasteiger partial charge on any atom is 0.329 e. The van der Waals surface area contributed by atoms with Gasteiger partial charge in [-0.15, -0.1) is 0 Å². The smallest absolute Gasteiger partial charge is 0.329 e. The molecule has 0 aromatic carbocycles. The van der Waals surface area contributed by atoms with E-state index in [-0.39, 0.29) is 13.0 Å². The van der Waals surface area contributed by atoms with E-state index < -0.39 is 17.5 Å². The standard InChI is InChI=1S/C11H17N3O4/c1-4-11(3,9(15)16)14-10(17)13-6-8-12-5-7(2)18-8/h5H,4,6H2,1-3H3,(H,15,16)(H2,13,14,17). The van der Waals surface area contributed by atoms with Crippen molar-refractivity contribution in [3.05, 3.63) is 17.8 Å². The minimum Gasteiger partial charge on any atom is -0.480 e. The monoisotopic (exact) mass is 255 g/mol. The largest absolute Gasteiger partial charge is 0.480 e. The van der Waals surface area contributed by atoms with Crippen LogP contribution >= 0.6 is 0 Å². The molecule has 0 fully saturated rings. The third-order valence-corrected chi connectivity index (χ3v) is 2.64. The zero-order valence-electron chi connectivity index (χ0n) is 10.6. The summed E-state index contributed by atoms with van der Waals surface area (Å²) in [6, 6.07) is -0.572. The number of aliphatic carboxylic acids is 1. The molecule has 1 aromatic rings. The van der Waals surface area contributed by atoms with Crippen LogP contribution in [-0.4, -0.2) is 27.6 Å². The number of carbonyl (C=O) groups is 2. The molecule has 3 N–H and O–H groups in total. The lowest BCUT2D eigenvalue weighted by Crippen LogP contribution is -2.54. The minimum atomic E-state index is -1.28. The third kappa shape index (κ3) is 3.47. The van der Waals surface area contributed by atoms with Crippen molar-refractivity contribution in [1.29, 1.82) is 0 Å². The lowest BCUT2D eigenvalue weighted by molar-refractivity contribution is -0.143. The van der Waals surface area contributed by atoms with Gasteiger partial charge in [-0.2, -0.15) is 0 Å². The number of urea groups is 1. The zero-order chi connectivity index (χ0) is 13.8. The van der Waals surface area contributed by atoms with Crippen molar-refractivity contribution in [2.45, 2.75) is 39.3 Å². The minimum absolute atomic E-state index is 0.110. The molecule has 0 aliphatic rings. The molecule has 0 aliphatic heterocycles. The van der Waals surface area contributed by atoms with E-state index in [4.69, 9.17) is 9.52 Å². The normalized spacial score (nSPS) is 13.7. The molecule has 0 radical (unpaired) electrons. The summed E-state index contributed by atoms with van der Waals surface area (Å²) in [5, 5.41) is 13.9. The summed E-state index contributed by atoms with van der Waals surface area (Å²) >= 11 is 0. The maximum absolute atomic E-state index is 11.5. The molecule has 100 valence electrons. The highest BCUT2D eigenvalue weighted by atomic mass is 16.4. The summed E-state index contributed by atoms with van der Waals surface area (Å²) < 4.78 is 5.17. The van der Waals surface area contributed by atoms with Crippen molar-refractivity contribution in [3.8, 4) is 0 Å². The van der Waals surface area contributed by atoms with E-state index in [0.717, 1.165) is 0 Å². The number of carboxylic acid groups (broad SMARTS) is 1. The van der Waals surface area contributed by atoms with E-state index in [2.05, 4.69) is 15.6 Å². The van der Waals surface area contributed by atoms with Gasteiger partial charge in [0.15, 0.2) is 0 Å². The Bertz CT molecular complexity index is 443. The van der Waals surface area contributed by atoms with Gasteiger partial charge in [0, 0.05) is 0 Å².